The van der Waals surface area contributed by atoms with Gasteiger partial charge in [-0.05, 0) is 44.5 Å². The third kappa shape index (κ3) is 3.39. The third-order valence-electron chi connectivity index (χ3n) is 3.71. The lowest BCUT2D eigenvalue weighted by Crippen LogP contribution is -2.35. The summed E-state index contributed by atoms with van der Waals surface area (Å²) in [5.74, 6) is -0.637. The van der Waals surface area contributed by atoms with Crippen LogP contribution < -0.4 is 16.8 Å². The van der Waals surface area contributed by atoms with Crippen LogP contribution in [0.2, 0.25) is 0 Å². The van der Waals surface area contributed by atoms with Crippen LogP contribution in [0.3, 0.4) is 0 Å². The van der Waals surface area contributed by atoms with Crippen molar-refractivity contribution in [2.24, 2.45) is 11.7 Å². The smallest absolute Gasteiger partial charge is 0.250 e. The molecule has 1 aliphatic rings. The molecule has 0 saturated carbocycles. The van der Waals surface area contributed by atoms with Crippen LogP contribution in [0.1, 0.15) is 23.2 Å². The van der Waals surface area contributed by atoms with Gasteiger partial charge >= 0.3 is 0 Å². The van der Waals surface area contributed by atoms with Crippen molar-refractivity contribution in [2.75, 3.05) is 37.7 Å². The van der Waals surface area contributed by atoms with E-state index in [2.05, 4.69) is 17.3 Å². The van der Waals surface area contributed by atoms with Crippen molar-refractivity contribution in [1.29, 1.82) is 0 Å². The second-order valence-corrected chi connectivity index (χ2v) is 5.43. The van der Waals surface area contributed by atoms with Gasteiger partial charge in [-0.3, -0.25) is 4.79 Å². The summed E-state index contributed by atoms with van der Waals surface area (Å²) in [7, 11) is 2.08. The molecule has 1 aromatic carbocycles. The summed E-state index contributed by atoms with van der Waals surface area (Å²) >= 11 is 0. The Morgan fingerprint density at radius 1 is 1.55 bits per heavy atom. The number of carbonyl (C=O) groups is 1. The zero-order valence-electron chi connectivity index (χ0n) is 11.7. The highest BCUT2D eigenvalue weighted by atomic mass is 19.1. The number of hydrogen-bond donors (Lipinski definition) is 3. The minimum atomic E-state index is -0.650. The maximum atomic E-state index is 13.8. The largest absolute Gasteiger partial charge is 0.398 e. The summed E-state index contributed by atoms with van der Waals surface area (Å²) in [4.78, 5) is 13.5. The highest BCUT2D eigenvalue weighted by Gasteiger charge is 2.18. The van der Waals surface area contributed by atoms with Crippen molar-refractivity contribution in [2.45, 2.75) is 12.8 Å². The minimum absolute atomic E-state index is 0.0675. The maximum Gasteiger partial charge on any atom is 0.250 e. The van der Waals surface area contributed by atoms with Gasteiger partial charge in [0.15, 0.2) is 0 Å². The van der Waals surface area contributed by atoms with E-state index in [1.54, 1.807) is 0 Å². The predicted molar refractivity (Wildman–Crippen MR) is 78.0 cm³/mol. The van der Waals surface area contributed by atoms with Crippen molar-refractivity contribution in [1.82, 2.24) is 4.90 Å². The van der Waals surface area contributed by atoms with Crippen LogP contribution >= 0.6 is 0 Å². The molecular weight excluding hydrogens is 259 g/mol. The molecular formula is C14H21FN4O. The number of piperidine rings is 1. The SMILES string of the molecule is CN1CCCC(CNc2cc(C(N)=O)c(N)cc2F)C1. The maximum absolute atomic E-state index is 13.8. The Morgan fingerprint density at radius 2 is 2.30 bits per heavy atom. The van der Waals surface area contributed by atoms with Gasteiger partial charge < -0.3 is 21.7 Å². The Balaban J connectivity index is 2.05. The third-order valence-corrected chi connectivity index (χ3v) is 3.71. The molecule has 5 nitrogen and oxygen atoms in total. The standard InChI is InChI=1S/C14H21FN4O/c1-19-4-2-3-9(8-19)7-18-13-5-10(14(17)20)12(16)6-11(13)15/h5-6,9,18H,2-4,7-8,16H2,1H3,(H2,17,20). The fraction of sp³-hybridized carbons (Fsp3) is 0.500. The molecule has 20 heavy (non-hydrogen) atoms. The van der Waals surface area contributed by atoms with Gasteiger partial charge in [-0.1, -0.05) is 0 Å². The molecule has 0 spiro atoms. The van der Waals surface area contributed by atoms with E-state index in [9.17, 15) is 9.18 Å². The molecule has 1 amide bonds. The number of amides is 1. The van der Waals surface area contributed by atoms with E-state index in [1.165, 1.54) is 6.07 Å². The summed E-state index contributed by atoms with van der Waals surface area (Å²) in [5.41, 5.74) is 11.3. The van der Waals surface area contributed by atoms with Crippen molar-refractivity contribution >= 4 is 17.3 Å². The van der Waals surface area contributed by atoms with Gasteiger partial charge in [-0.2, -0.15) is 0 Å². The van der Waals surface area contributed by atoms with E-state index in [0.717, 1.165) is 32.0 Å². The van der Waals surface area contributed by atoms with Crippen molar-refractivity contribution < 1.29 is 9.18 Å². The van der Waals surface area contributed by atoms with Crippen LogP contribution in [0.15, 0.2) is 12.1 Å². The number of anilines is 2. The first-order valence-corrected chi connectivity index (χ1v) is 6.78. The van der Waals surface area contributed by atoms with Crippen LogP contribution in [0.5, 0.6) is 0 Å². The van der Waals surface area contributed by atoms with E-state index >= 15 is 0 Å². The van der Waals surface area contributed by atoms with Gasteiger partial charge in [-0.15, -0.1) is 0 Å². The fourth-order valence-corrected chi connectivity index (χ4v) is 2.63. The molecule has 1 saturated heterocycles. The zero-order valence-corrected chi connectivity index (χ0v) is 11.7. The van der Waals surface area contributed by atoms with Gasteiger partial charge in [0.2, 0.25) is 0 Å². The van der Waals surface area contributed by atoms with Crippen LogP contribution in [0.4, 0.5) is 15.8 Å². The summed E-state index contributed by atoms with van der Waals surface area (Å²) in [5, 5.41) is 3.06. The lowest BCUT2D eigenvalue weighted by atomic mass is 9.98. The average molecular weight is 280 g/mol. The molecule has 1 heterocycles. The summed E-state index contributed by atoms with van der Waals surface area (Å²) < 4.78 is 13.8. The number of nitrogens with one attached hydrogen (secondary N) is 1. The number of likely N-dealkylation sites (tertiary alicyclic amines) is 1. The van der Waals surface area contributed by atoms with Crippen molar-refractivity contribution in [3.63, 3.8) is 0 Å². The topological polar surface area (TPSA) is 84.4 Å². The van der Waals surface area contributed by atoms with E-state index in [0.29, 0.717) is 12.5 Å². The highest BCUT2D eigenvalue weighted by Crippen LogP contribution is 2.23. The molecule has 0 bridgehead atoms. The number of rotatable bonds is 4. The van der Waals surface area contributed by atoms with E-state index < -0.39 is 11.7 Å². The zero-order chi connectivity index (χ0) is 14.7. The molecule has 1 aromatic rings. The molecule has 5 N–H and O–H groups in total. The monoisotopic (exact) mass is 280 g/mol. The van der Waals surface area contributed by atoms with Crippen molar-refractivity contribution in [3.8, 4) is 0 Å². The molecule has 110 valence electrons. The molecule has 0 aliphatic carbocycles. The second kappa shape index (κ2) is 6.09. The average Bonchev–Trinajstić information content (AvgIpc) is 2.37. The van der Waals surface area contributed by atoms with Crippen LogP contribution in [0.25, 0.3) is 0 Å². The molecule has 2 rings (SSSR count). The van der Waals surface area contributed by atoms with Gasteiger partial charge in [0.25, 0.3) is 5.91 Å². The second-order valence-electron chi connectivity index (χ2n) is 5.43. The van der Waals surface area contributed by atoms with Crippen LogP contribution in [0, 0.1) is 11.7 Å². The van der Waals surface area contributed by atoms with Crippen LogP contribution in [-0.4, -0.2) is 37.5 Å². The van der Waals surface area contributed by atoms with Crippen molar-refractivity contribution in [3.05, 3.63) is 23.5 Å². The first-order valence-electron chi connectivity index (χ1n) is 6.78. The van der Waals surface area contributed by atoms with Crippen LogP contribution in [-0.2, 0) is 0 Å². The summed E-state index contributed by atoms with van der Waals surface area (Å²) in [6.45, 7) is 2.77. The number of nitrogens with two attached hydrogens (primary N) is 2. The molecule has 1 aliphatic heterocycles. The summed E-state index contributed by atoms with van der Waals surface area (Å²) in [6, 6.07) is 2.52. The Morgan fingerprint density at radius 3 is 2.95 bits per heavy atom. The van der Waals surface area contributed by atoms with Gasteiger partial charge in [-0.25, -0.2) is 4.39 Å². The van der Waals surface area contributed by atoms with E-state index in [4.69, 9.17) is 11.5 Å². The Kier molecular flexibility index (Phi) is 4.44. The number of carbonyl (C=O) groups excluding carboxylic acids is 1. The number of nitrogen functional groups attached to an aromatic ring is 1. The number of primary amides is 1. The fourth-order valence-electron chi connectivity index (χ4n) is 2.63. The quantitative estimate of drug-likeness (QED) is 0.725. The van der Waals surface area contributed by atoms with Gasteiger partial charge in [0.05, 0.1) is 11.3 Å². The normalized spacial score (nSPS) is 19.8. The lowest BCUT2D eigenvalue weighted by molar-refractivity contribution is 0.100. The minimum Gasteiger partial charge on any atom is -0.398 e. The molecule has 1 fully saturated rings. The molecule has 1 unspecified atom stereocenters. The number of benzene rings is 1. The number of halogens is 1. The molecule has 6 heteroatoms. The number of hydrogen-bond acceptors (Lipinski definition) is 4. The Labute approximate surface area is 118 Å². The van der Waals surface area contributed by atoms with Gasteiger partial charge in [0, 0.05) is 18.8 Å². The summed E-state index contributed by atoms with van der Waals surface area (Å²) in [6.07, 6.45) is 2.27. The number of nitrogens with zero attached hydrogens (tertiary/aromatic N) is 1. The first-order chi connectivity index (χ1) is 9.47. The Hall–Kier alpha value is -1.82. The molecule has 0 aromatic heterocycles. The molecule has 1 atom stereocenters. The molecule has 0 radical (unpaired) electrons. The van der Waals surface area contributed by atoms with E-state index in [-0.39, 0.29) is 16.9 Å². The predicted octanol–water partition coefficient (Wildman–Crippen LogP) is 1.26. The highest BCUT2D eigenvalue weighted by molar-refractivity contribution is 5.99. The lowest BCUT2D eigenvalue weighted by Gasteiger charge is -2.30. The van der Waals surface area contributed by atoms with Gasteiger partial charge in [0.1, 0.15) is 5.82 Å². The first kappa shape index (κ1) is 14.6. The van der Waals surface area contributed by atoms with E-state index in [1.807, 2.05) is 0 Å². The Bertz CT molecular complexity index is 506.